The molecule has 0 aromatic heterocycles. The Bertz CT molecular complexity index is 363. The van der Waals surface area contributed by atoms with Crippen molar-refractivity contribution in [3.05, 3.63) is 35.6 Å². The maximum atomic E-state index is 13.1. The molecule has 0 amide bonds. The molecule has 0 spiro atoms. The molecule has 2 rings (SSSR count). The summed E-state index contributed by atoms with van der Waals surface area (Å²) in [5, 5.41) is 3.51. The van der Waals surface area contributed by atoms with Crippen molar-refractivity contribution >= 4 is 0 Å². The van der Waals surface area contributed by atoms with E-state index in [0.29, 0.717) is 18.0 Å². The van der Waals surface area contributed by atoms with Gasteiger partial charge in [0.25, 0.3) is 0 Å². The molecular formula is C14H20FNO. The standard InChI is InChI=1S/C14H20FNO/c1-10(9-17-2)16-14-7-12(8-14)11-4-3-5-13(15)6-11/h3-6,10,12,14,16H,7-9H2,1-2H3. The summed E-state index contributed by atoms with van der Waals surface area (Å²) in [6.07, 6.45) is 2.19. The van der Waals surface area contributed by atoms with E-state index in [4.69, 9.17) is 4.74 Å². The van der Waals surface area contributed by atoms with E-state index in [1.165, 1.54) is 6.07 Å². The first-order chi connectivity index (χ1) is 8.19. The van der Waals surface area contributed by atoms with Crippen LogP contribution in [-0.2, 0) is 4.74 Å². The Hall–Kier alpha value is -0.930. The summed E-state index contributed by atoms with van der Waals surface area (Å²) in [5.41, 5.74) is 1.13. The van der Waals surface area contributed by atoms with Crippen molar-refractivity contribution in [2.75, 3.05) is 13.7 Å². The first kappa shape index (κ1) is 12.5. The molecule has 0 heterocycles. The van der Waals surface area contributed by atoms with Crippen LogP contribution in [-0.4, -0.2) is 25.8 Å². The predicted molar refractivity (Wildman–Crippen MR) is 66.6 cm³/mol. The van der Waals surface area contributed by atoms with E-state index in [9.17, 15) is 4.39 Å². The number of benzene rings is 1. The zero-order valence-corrected chi connectivity index (χ0v) is 10.4. The molecule has 1 saturated carbocycles. The molecule has 2 nitrogen and oxygen atoms in total. The van der Waals surface area contributed by atoms with Gasteiger partial charge in [0.2, 0.25) is 0 Å². The second-order valence-electron chi connectivity index (χ2n) is 4.94. The van der Waals surface area contributed by atoms with Crippen LogP contribution in [0.5, 0.6) is 0 Å². The summed E-state index contributed by atoms with van der Waals surface area (Å²) in [6, 6.07) is 7.89. The minimum atomic E-state index is -0.133. The topological polar surface area (TPSA) is 21.3 Å². The predicted octanol–water partition coefficient (Wildman–Crippen LogP) is 2.70. The van der Waals surface area contributed by atoms with E-state index in [2.05, 4.69) is 12.2 Å². The fraction of sp³-hybridized carbons (Fsp3) is 0.571. The summed E-state index contributed by atoms with van der Waals surface area (Å²) in [7, 11) is 1.72. The molecule has 1 N–H and O–H groups in total. The first-order valence-electron chi connectivity index (χ1n) is 6.19. The van der Waals surface area contributed by atoms with Crippen molar-refractivity contribution in [2.45, 2.75) is 37.8 Å². The van der Waals surface area contributed by atoms with Crippen LogP contribution in [0, 0.1) is 5.82 Å². The molecule has 1 aromatic rings. The van der Waals surface area contributed by atoms with Crippen LogP contribution < -0.4 is 5.32 Å². The maximum absolute atomic E-state index is 13.1. The van der Waals surface area contributed by atoms with Crippen LogP contribution in [0.25, 0.3) is 0 Å². The SMILES string of the molecule is COCC(C)NC1CC(c2cccc(F)c2)C1. The summed E-state index contributed by atoms with van der Waals surface area (Å²) in [4.78, 5) is 0. The molecule has 0 aliphatic heterocycles. The Morgan fingerprint density at radius 2 is 2.24 bits per heavy atom. The fourth-order valence-corrected chi connectivity index (χ4v) is 2.49. The van der Waals surface area contributed by atoms with Crippen LogP contribution in [0.15, 0.2) is 24.3 Å². The van der Waals surface area contributed by atoms with Gasteiger partial charge in [-0.3, -0.25) is 0 Å². The monoisotopic (exact) mass is 237 g/mol. The first-order valence-corrected chi connectivity index (χ1v) is 6.19. The zero-order chi connectivity index (χ0) is 12.3. The van der Waals surface area contributed by atoms with E-state index in [-0.39, 0.29) is 5.82 Å². The van der Waals surface area contributed by atoms with Gasteiger partial charge in [0.05, 0.1) is 6.61 Å². The Morgan fingerprint density at radius 3 is 2.88 bits per heavy atom. The van der Waals surface area contributed by atoms with Gasteiger partial charge in [0.15, 0.2) is 0 Å². The number of ether oxygens (including phenoxy) is 1. The van der Waals surface area contributed by atoms with Gasteiger partial charge in [-0.05, 0) is 43.4 Å². The zero-order valence-electron chi connectivity index (χ0n) is 10.4. The van der Waals surface area contributed by atoms with Gasteiger partial charge < -0.3 is 10.1 Å². The van der Waals surface area contributed by atoms with Gasteiger partial charge in [-0.2, -0.15) is 0 Å². The van der Waals surface area contributed by atoms with Crippen molar-refractivity contribution < 1.29 is 9.13 Å². The number of nitrogens with one attached hydrogen (secondary N) is 1. The highest BCUT2D eigenvalue weighted by Crippen LogP contribution is 2.37. The highest BCUT2D eigenvalue weighted by Gasteiger charge is 2.30. The van der Waals surface area contributed by atoms with Crippen molar-refractivity contribution in [3.8, 4) is 0 Å². The molecule has 1 aliphatic rings. The number of methoxy groups -OCH3 is 1. The summed E-state index contributed by atoms with van der Waals surface area (Å²) < 4.78 is 18.2. The third-order valence-corrected chi connectivity index (χ3v) is 3.40. The van der Waals surface area contributed by atoms with Crippen LogP contribution in [0.3, 0.4) is 0 Å². The number of hydrogen-bond donors (Lipinski definition) is 1. The molecule has 1 aliphatic carbocycles. The van der Waals surface area contributed by atoms with Crippen molar-refractivity contribution in [3.63, 3.8) is 0 Å². The normalized spacial score (nSPS) is 25.4. The third kappa shape index (κ3) is 3.27. The second kappa shape index (κ2) is 5.61. The number of halogens is 1. The Balaban J connectivity index is 1.79. The van der Waals surface area contributed by atoms with Gasteiger partial charge >= 0.3 is 0 Å². The van der Waals surface area contributed by atoms with E-state index >= 15 is 0 Å². The molecule has 1 atom stereocenters. The number of rotatable bonds is 5. The maximum Gasteiger partial charge on any atom is 0.123 e. The van der Waals surface area contributed by atoms with Gasteiger partial charge in [-0.1, -0.05) is 12.1 Å². The van der Waals surface area contributed by atoms with Crippen molar-refractivity contribution in [1.82, 2.24) is 5.32 Å². The Labute approximate surface area is 102 Å². The lowest BCUT2D eigenvalue weighted by Crippen LogP contribution is -2.45. The smallest absolute Gasteiger partial charge is 0.123 e. The van der Waals surface area contributed by atoms with Crippen LogP contribution in [0.4, 0.5) is 4.39 Å². The van der Waals surface area contributed by atoms with Gasteiger partial charge in [0, 0.05) is 19.2 Å². The highest BCUT2D eigenvalue weighted by atomic mass is 19.1. The van der Waals surface area contributed by atoms with Crippen LogP contribution in [0.2, 0.25) is 0 Å². The van der Waals surface area contributed by atoms with E-state index in [0.717, 1.165) is 25.0 Å². The lowest BCUT2D eigenvalue weighted by atomic mass is 9.75. The van der Waals surface area contributed by atoms with Gasteiger partial charge in [0.1, 0.15) is 5.82 Å². The van der Waals surface area contributed by atoms with Crippen molar-refractivity contribution in [2.24, 2.45) is 0 Å². The lowest BCUT2D eigenvalue weighted by molar-refractivity contribution is 0.152. The van der Waals surface area contributed by atoms with Crippen LogP contribution >= 0.6 is 0 Å². The van der Waals surface area contributed by atoms with E-state index < -0.39 is 0 Å². The minimum absolute atomic E-state index is 0.133. The molecule has 1 unspecified atom stereocenters. The van der Waals surface area contributed by atoms with Crippen molar-refractivity contribution in [1.29, 1.82) is 0 Å². The summed E-state index contributed by atoms with van der Waals surface area (Å²) in [5.74, 6) is 0.379. The van der Waals surface area contributed by atoms with E-state index in [1.54, 1.807) is 19.2 Å². The largest absolute Gasteiger partial charge is 0.383 e. The van der Waals surface area contributed by atoms with E-state index in [1.807, 2.05) is 6.07 Å². The average molecular weight is 237 g/mol. The average Bonchev–Trinajstić information content (AvgIpc) is 2.23. The van der Waals surface area contributed by atoms with Gasteiger partial charge in [-0.15, -0.1) is 0 Å². The quantitative estimate of drug-likeness (QED) is 0.850. The molecule has 1 aromatic carbocycles. The van der Waals surface area contributed by atoms with Gasteiger partial charge in [-0.25, -0.2) is 4.39 Å². The molecular weight excluding hydrogens is 217 g/mol. The molecule has 0 bridgehead atoms. The molecule has 0 saturated heterocycles. The number of hydrogen-bond acceptors (Lipinski definition) is 2. The summed E-state index contributed by atoms with van der Waals surface area (Å²) in [6.45, 7) is 2.86. The molecule has 0 radical (unpaired) electrons. The molecule has 94 valence electrons. The highest BCUT2D eigenvalue weighted by molar-refractivity contribution is 5.23. The summed E-state index contributed by atoms with van der Waals surface area (Å²) >= 11 is 0. The minimum Gasteiger partial charge on any atom is -0.383 e. The molecule has 3 heteroatoms. The second-order valence-corrected chi connectivity index (χ2v) is 4.94. The lowest BCUT2D eigenvalue weighted by Gasteiger charge is -2.38. The Kier molecular flexibility index (Phi) is 4.13. The van der Waals surface area contributed by atoms with Crippen LogP contribution in [0.1, 0.15) is 31.2 Å². The molecule has 1 fully saturated rings. The third-order valence-electron chi connectivity index (χ3n) is 3.40. The Morgan fingerprint density at radius 1 is 1.47 bits per heavy atom. The molecule has 17 heavy (non-hydrogen) atoms. The fourth-order valence-electron chi connectivity index (χ4n) is 2.49.